The van der Waals surface area contributed by atoms with Crippen LogP contribution in [0.4, 0.5) is 0 Å². The number of hydrogen-bond donors (Lipinski definition) is 2. The van der Waals surface area contributed by atoms with Crippen LogP contribution in [0.25, 0.3) is 0 Å². The van der Waals surface area contributed by atoms with Crippen molar-refractivity contribution >= 4 is 0 Å². The van der Waals surface area contributed by atoms with E-state index in [9.17, 15) is 5.11 Å². The van der Waals surface area contributed by atoms with Crippen LogP contribution in [-0.4, -0.2) is 17.8 Å². The average molecular weight is 191 g/mol. The molecule has 0 amide bonds. The highest BCUT2D eigenvalue weighted by Gasteiger charge is 2.24. The van der Waals surface area contributed by atoms with Crippen LogP contribution in [-0.2, 0) is 0 Å². The van der Waals surface area contributed by atoms with Crippen molar-refractivity contribution in [1.82, 2.24) is 5.32 Å². The summed E-state index contributed by atoms with van der Waals surface area (Å²) in [7, 11) is 0. The quantitative estimate of drug-likeness (QED) is 0.760. The number of aryl methyl sites for hydroxylation is 1. The van der Waals surface area contributed by atoms with E-state index in [0.29, 0.717) is 6.04 Å². The first-order valence-corrected chi connectivity index (χ1v) is 5.23. The normalized spacial score (nSPS) is 18.1. The van der Waals surface area contributed by atoms with Gasteiger partial charge < -0.3 is 10.4 Å². The van der Waals surface area contributed by atoms with Crippen molar-refractivity contribution in [3.05, 3.63) is 35.4 Å². The molecular weight excluding hydrogens is 174 g/mol. The third-order valence-electron chi connectivity index (χ3n) is 2.68. The fraction of sp³-hybridized carbons (Fsp3) is 0.500. The third kappa shape index (κ3) is 2.34. The number of nitrogens with one attached hydrogen (secondary N) is 1. The fourth-order valence-electron chi connectivity index (χ4n) is 1.59. The zero-order chi connectivity index (χ0) is 9.97. The molecule has 0 aliphatic heterocycles. The number of aliphatic hydroxyl groups excluding tert-OH is 1. The molecule has 1 atom stereocenters. The second kappa shape index (κ2) is 4.11. The molecule has 2 rings (SSSR count). The van der Waals surface area contributed by atoms with Crippen molar-refractivity contribution in [2.45, 2.75) is 31.8 Å². The molecule has 76 valence electrons. The third-order valence-corrected chi connectivity index (χ3v) is 2.68. The van der Waals surface area contributed by atoms with Gasteiger partial charge >= 0.3 is 0 Å². The first-order valence-electron chi connectivity index (χ1n) is 5.23. The van der Waals surface area contributed by atoms with E-state index in [1.807, 2.05) is 0 Å². The largest absolute Gasteiger partial charge is 0.394 e. The summed E-state index contributed by atoms with van der Waals surface area (Å²) in [5.41, 5.74) is 2.45. The lowest BCUT2D eigenvalue weighted by molar-refractivity contribution is 0.243. The Kier molecular flexibility index (Phi) is 2.85. The predicted octanol–water partition coefficient (Wildman–Crippen LogP) is 1.78. The zero-order valence-electron chi connectivity index (χ0n) is 8.53. The second-order valence-corrected chi connectivity index (χ2v) is 4.09. The van der Waals surface area contributed by atoms with Crippen LogP contribution in [0.2, 0.25) is 0 Å². The minimum atomic E-state index is 0.114. The minimum Gasteiger partial charge on any atom is -0.394 e. The Morgan fingerprint density at radius 1 is 1.36 bits per heavy atom. The maximum Gasteiger partial charge on any atom is 0.0626 e. The molecule has 14 heavy (non-hydrogen) atoms. The highest BCUT2D eigenvalue weighted by atomic mass is 16.3. The zero-order valence-corrected chi connectivity index (χ0v) is 8.53. The van der Waals surface area contributed by atoms with Crippen LogP contribution < -0.4 is 5.32 Å². The van der Waals surface area contributed by atoms with E-state index in [1.54, 1.807) is 0 Å². The maximum atomic E-state index is 9.26. The highest BCUT2D eigenvalue weighted by Crippen LogP contribution is 2.24. The molecule has 1 aliphatic carbocycles. The maximum absolute atomic E-state index is 9.26. The molecule has 2 heteroatoms. The first-order chi connectivity index (χ1) is 6.79. The van der Waals surface area contributed by atoms with E-state index < -0.39 is 0 Å². The average Bonchev–Trinajstić information content (AvgIpc) is 3.00. The number of benzene rings is 1. The molecule has 2 N–H and O–H groups in total. The Balaban J connectivity index is 2.05. The topological polar surface area (TPSA) is 32.3 Å². The molecule has 0 bridgehead atoms. The molecule has 1 fully saturated rings. The van der Waals surface area contributed by atoms with Gasteiger partial charge in [0.1, 0.15) is 0 Å². The van der Waals surface area contributed by atoms with Crippen LogP contribution in [0.1, 0.15) is 30.0 Å². The van der Waals surface area contributed by atoms with E-state index in [4.69, 9.17) is 0 Å². The SMILES string of the molecule is Cc1ccc(C(CO)NC2CC2)cc1. The predicted molar refractivity (Wildman–Crippen MR) is 57.2 cm³/mol. The standard InChI is InChI=1S/C12H17NO/c1-9-2-4-10(5-3-9)12(8-14)13-11-6-7-11/h2-5,11-14H,6-8H2,1H3. The lowest BCUT2D eigenvalue weighted by atomic mass is 10.1. The van der Waals surface area contributed by atoms with Crippen molar-refractivity contribution in [2.24, 2.45) is 0 Å². The molecule has 1 aromatic carbocycles. The van der Waals surface area contributed by atoms with Gasteiger partial charge in [-0.05, 0) is 25.3 Å². The molecular formula is C12H17NO. The second-order valence-electron chi connectivity index (χ2n) is 4.09. The van der Waals surface area contributed by atoms with Gasteiger partial charge in [-0.15, -0.1) is 0 Å². The molecule has 0 saturated heterocycles. The van der Waals surface area contributed by atoms with Gasteiger partial charge in [-0.25, -0.2) is 0 Å². The summed E-state index contributed by atoms with van der Waals surface area (Å²) in [6.45, 7) is 2.26. The fourth-order valence-corrected chi connectivity index (χ4v) is 1.59. The van der Waals surface area contributed by atoms with Gasteiger partial charge in [0.25, 0.3) is 0 Å². The first kappa shape index (κ1) is 9.69. The molecule has 1 saturated carbocycles. The van der Waals surface area contributed by atoms with Crippen molar-refractivity contribution < 1.29 is 5.11 Å². The molecule has 0 aromatic heterocycles. The van der Waals surface area contributed by atoms with Crippen LogP contribution in [0.5, 0.6) is 0 Å². The van der Waals surface area contributed by atoms with Crippen LogP contribution in [0, 0.1) is 6.92 Å². The van der Waals surface area contributed by atoms with E-state index in [0.717, 1.165) is 0 Å². The monoisotopic (exact) mass is 191 g/mol. The van der Waals surface area contributed by atoms with Gasteiger partial charge in [-0.1, -0.05) is 29.8 Å². The molecule has 1 unspecified atom stereocenters. The summed E-state index contributed by atoms with van der Waals surface area (Å²) in [5.74, 6) is 0. The summed E-state index contributed by atoms with van der Waals surface area (Å²) in [6, 6.07) is 9.10. The van der Waals surface area contributed by atoms with Crippen molar-refractivity contribution in [1.29, 1.82) is 0 Å². The lowest BCUT2D eigenvalue weighted by Crippen LogP contribution is -2.26. The van der Waals surface area contributed by atoms with E-state index >= 15 is 0 Å². The number of rotatable bonds is 4. The molecule has 2 nitrogen and oxygen atoms in total. The number of hydrogen-bond acceptors (Lipinski definition) is 2. The van der Waals surface area contributed by atoms with Crippen LogP contribution >= 0.6 is 0 Å². The Bertz CT molecular complexity index is 290. The molecule has 1 aromatic rings. The van der Waals surface area contributed by atoms with Gasteiger partial charge in [0.2, 0.25) is 0 Å². The summed E-state index contributed by atoms with van der Waals surface area (Å²) < 4.78 is 0. The molecule has 0 radical (unpaired) electrons. The highest BCUT2D eigenvalue weighted by molar-refractivity contribution is 5.24. The van der Waals surface area contributed by atoms with Crippen LogP contribution in [0.15, 0.2) is 24.3 Å². The van der Waals surface area contributed by atoms with Gasteiger partial charge in [-0.2, -0.15) is 0 Å². The molecule has 0 heterocycles. The minimum absolute atomic E-state index is 0.114. The van der Waals surface area contributed by atoms with Crippen LogP contribution in [0.3, 0.4) is 0 Å². The van der Waals surface area contributed by atoms with Gasteiger partial charge in [0, 0.05) is 6.04 Å². The molecule has 1 aliphatic rings. The van der Waals surface area contributed by atoms with Gasteiger partial charge in [0.05, 0.1) is 12.6 Å². The van der Waals surface area contributed by atoms with E-state index in [-0.39, 0.29) is 12.6 Å². The Labute approximate surface area is 85.0 Å². The molecule has 0 spiro atoms. The number of aliphatic hydroxyl groups is 1. The Morgan fingerprint density at radius 2 is 2.00 bits per heavy atom. The Morgan fingerprint density at radius 3 is 2.50 bits per heavy atom. The summed E-state index contributed by atoms with van der Waals surface area (Å²) in [6.07, 6.45) is 2.50. The van der Waals surface area contributed by atoms with Gasteiger partial charge in [0.15, 0.2) is 0 Å². The summed E-state index contributed by atoms with van der Waals surface area (Å²) in [4.78, 5) is 0. The van der Waals surface area contributed by atoms with Crippen molar-refractivity contribution in [3.8, 4) is 0 Å². The smallest absolute Gasteiger partial charge is 0.0626 e. The summed E-state index contributed by atoms with van der Waals surface area (Å²) >= 11 is 0. The summed E-state index contributed by atoms with van der Waals surface area (Å²) in [5, 5.41) is 12.7. The van der Waals surface area contributed by atoms with E-state index in [2.05, 4.69) is 36.5 Å². The Hall–Kier alpha value is -0.860. The lowest BCUT2D eigenvalue weighted by Gasteiger charge is -2.16. The van der Waals surface area contributed by atoms with Crippen molar-refractivity contribution in [2.75, 3.05) is 6.61 Å². The van der Waals surface area contributed by atoms with Crippen molar-refractivity contribution in [3.63, 3.8) is 0 Å². The van der Waals surface area contributed by atoms with Gasteiger partial charge in [-0.3, -0.25) is 0 Å². The van der Waals surface area contributed by atoms with E-state index in [1.165, 1.54) is 24.0 Å².